The first-order valence-corrected chi connectivity index (χ1v) is 7.51. The van der Waals surface area contributed by atoms with Gasteiger partial charge in [-0.3, -0.25) is 4.79 Å². The molecule has 1 unspecified atom stereocenters. The van der Waals surface area contributed by atoms with E-state index in [1.54, 1.807) is 11.3 Å². The van der Waals surface area contributed by atoms with Crippen LogP contribution in [0.1, 0.15) is 16.3 Å². The van der Waals surface area contributed by atoms with Crippen molar-refractivity contribution in [3.63, 3.8) is 0 Å². The van der Waals surface area contributed by atoms with Crippen molar-refractivity contribution < 1.29 is 4.79 Å². The van der Waals surface area contributed by atoms with E-state index in [0.29, 0.717) is 13.0 Å². The van der Waals surface area contributed by atoms with Gasteiger partial charge in [0.05, 0.1) is 16.7 Å². The highest BCUT2D eigenvalue weighted by Crippen LogP contribution is 2.07. The van der Waals surface area contributed by atoms with Crippen LogP contribution in [0.4, 0.5) is 0 Å². The first kappa shape index (κ1) is 14.7. The molecule has 20 heavy (non-hydrogen) atoms. The second kappa shape index (κ2) is 7.17. The molecule has 0 aliphatic rings. The molecule has 0 aliphatic carbocycles. The van der Waals surface area contributed by atoms with Gasteiger partial charge in [-0.2, -0.15) is 0 Å². The zero-order valence-electron chi connectivity index (χ0n) is 11.5. The summed E-state index contributed by atoms with van der Waals surface area (Å²) in [7, 11) is 0. The molecule has 0 bridgehead atoms. The van der Waals surface area contributed by atoms with Crippen molar-refractivity contribution in [3.05, 3.63) is 52.0 Å². The molecule has 0 saturated carbocycles. The summed E-state index contributed by atoms with van der Waals surface area (Å²) in [6.07, 6.45) is 1.30. The number of carbonyl (C=O) groups is 1. The largest absolute Gasteiger partial charge is 0.354 e. The van der Waals surface area contributed by atoms with E-state index >= 15 is 0 Å². The van der Waals surface area contributed by atoms with Crippen molar-refractivity contribution in [2.24, 2.45) is 5.73 Å². The highest BCUT2D eigenvalue weighted by Gasteiger charge is 2.13. The molecule has 2 aromatic rings. The lowest BCUT2D eigenvalue weighted by atomic mass is 10.1. The highest BCUT2D eigenvalue weighted by molar-refractivity contribution is 7.09. The second-order valence-corrected chi connectivity index (χ2v) is 5.76. The zero-order chi connectivity index (χ0) is 14.4. The number of carbonyl (C=O) groups excluding carboxylic acids is 1. The third kappa shape index (κ3) is 4.43. The average molecular weight is 289 g/mol. The van der Waals surface area contributed by atoms with Crippen molar-refractivity contribution in [1.82, 2.24) is 10.3 Å². The number of hydrogen-bond donors (Lipinski definition) is 2. The molecule has 1 aromatic carbocycles. The minimum atomic E-state index is -0.505. The summed E-state index contributed by atoms with van der Waals surface area (Å²) in [6, 6.07) is 9.30. The Balaban J connectivity index is 1.74. The fraction of sp³-hybridized carbons (Fsp3) is 0.333. The van der Waals surface area contributed by atoms with Crippen molar-refractivity contribution in [1.29, 1.82) is 0 Å². The molecule has 1 atom stereocenters. The van der Waals surface area contributed by atoms with Crippen LogP contribution in [0.3, 0.4) is 0 Å². The number of rotatable bonds is 6. The fourth-order valence-electron chi connectivity index (χ4n) is 1.93. The van der Waals surface area contributed by atoms with Gasteiger partial charge < -0.3 is 11.1 Å². The molecular formula is C15H19N3OS. The van der Waals surface area contributed by atoms with E-state index in [1.807, 2.05) is 42.6 Å². The summed E-state index contributed by atoms with van der Waals surface area (Å²) in [5.74, 6) is -0.110. The molecule has 4 nitrogen and oxygen atoms in total. The van der Waals surface area contributed by atoms with Crippen molar-refractivity contribution in [2.45, 2.75) is 25.8 Å². The highest BCUT2D eigenvalue weighted by atomic mass is 32.1. The number of nitrogens with zero attached hydrogens (tertiary/aromatic N) is 1. The first-order valence-electron chi connectivity index (χ1n) is 6.63. The van der Waals surface area contributed by atoms with E-state index in [-0.39, 0.29) is 5.91 Å². The molecule has 1 heterocycles. The van der Waals surface area contributed by atoms with Gasteiger partial charge in [-0.1, -0.05) is 30.3 Å². The Morgan fingerprint density at radius 2 is 2.15 bits per heavy atom. The monoisotopic (exact) mass is 289 g/mol. The molecule has 0 radical (unpaired) electrons. The Hall–Kier alpha value is -1.72. The predicted molar refractivity (Wildman–Crippen MR) is 81.7 cm³/mol. The third-order valence-electron chi connectivity index (χ3n) is 2.98. The van der Waals surface area contributed by atoms with Crippen LogP contribution in [0.5, 0.6) is 0 Å². The second-order valence-electron chi connectivity index (χ2n) is 4.70. The van der Waals surface area contributed by atoms with Gasteiger partial charge in [0.25, 0.3) is 0 Å². The molecule has 1 aromatic heterocycles. The number of aromatic nitrogens is 1. The van der Waals surface area contributed by atoms with Crippen LogP contribution in [0, 0.1) is 6.92 Å². The van der Waals surface area contributed by atoms with E-state index in [9.17, 15) is 4.79 Å². The number of amides is 1. The van der Waals surface area contributed by atoms with Gasteiger partial charge in [0.1, 0.15) is 0 Å². The standard InChI is InChI=1S/C15H19N3OS/c1-11-18-13(10-20-11)7-8-17-15(19)14(16)9-12-5-3-2-4-6-12/h2-6,10,14H,7-9,16H2,1H3,(H,17,19). The molecule has 0 fully saturated rings. The van der Waals surface area contributed by atoms with Gasteiger partial charge in [0.2, 0.25) is 5.91 Å². The van der Waals surface area contributed by atoms with Gasteiger partial charge in [-0.15, -0.1) is 11.3 Å². The number of nitrogens with two attached hydrogens (primary N) is 1. The molecule has 1 amide bonds. The van der Waals surface area contributed by atoms with Crippen molar-refractivity contribution in [2.75, 3.05) is 6.54 Å². The van der Waals surface area contributed by atoms with Crippen LogP contribution in [0.2, 0.25) is 0 Å². The Morgan fingerprint density at radius 3 is 2.80 bits per heavy atom. The Kier molecular flexibility index (Phi) is 5.26. The quantitative estimate of drug-likeness (QED) is 0.850. The minimum absolute atomic E-state index is 0.110. The lowest BCUT2D eigenvalue weighted by molar-refractivity contribution is -0.122. The number of nitrogens with one attached hydrogen (secondary N) is 1. The SMILES string of the molecule is Cc1nc(CCNC(=O)C(N)Cc2ccccc2)cs1. The Morgan fingerprint density at radius 1 is 1.40 bits per heavy atom. The summed E-state index contributed by atoms with van der Waals surface area (Å²) < 4.78 is 0. The van der Waals surface area contributed by atoms with Gasteiger partial charge in [-0.25, -0.2) is 4.98 Å². The maximum Gasteiger partial charge on any atom is 0.237 e. The van der Waals surface area contributed by atoms with Crippen LogP contribution >= 0.6 is 11.3 Å². The summed E-state index contributed by atoms with van der Waals surface area (Å²) >= 11 is 1.62. The Labute approximate surface area is 123 Å². The van der Waals surface area contributed by atoms with Gasteiger partial charge in [0.15, 0.2) is 0 Å². The summed E-state index contributed by atoms with van der Waals surface area (Å²) in [4.78, 5) is 16.2. The lowest BCUT2D eigenvalue weighted by Crippen LogP contribution is -2.42. The maximum absolute atomic E-state index is 11.9. The minimum Gasteiger partial charge on any atom is -0.354 e. The number of hydrogen-bond acceptors (Lipinski definition) is 4. The molecule has 106 valence electrons. The maximum atomic E-state index is 11.9. The van der Waals surface area contributed by atoms with Gasteiger partial charge >= 0.3 is 0 Å². The van der Waals surface area contributed by atoms with Crippen molar-refractivity contribution >= 4 is 17.2 Å². The molecule has 0 saturated heterocycles. The zero-order valence-corrected chi connectivity index (χ0v) is 12.3. The topological polar surface area (TPSA) is 68.0 Å². The van der Waals surface area contributed by atoms with Crippen LogP contribution in [0.15, 0.2) is 35.7 Å². The van der Waals surface area contributed by atoms with E-state index in [0.717, 1.165) is 22.7 Å². The average Bonchev–Trinajstić information content (AvgIpc) is 2.85. The molecule has 0 aliphatic heterocycles. The van der Waals surface area contributed by atoms with Crippen LogP contribution in [0.25, 0.3) is 0 Å². The van der Waals surface area contributed by atoms with E-state index in [2.05, 4.69) is 10.3 Å². The van der Waals surface area contributed by atoms with Crippen LogP contribution in [-0.4, -0.2) is 23.5 Å². The fourth-order valence-corrected chi connectivity index (χ4v) is 2.58. The van der Waals surface area contributed by atoms with Crippen LogP contribution in [-0.2, 0) is 17.6 Å². The Bertz CT molecular complexity index is 553. The van der Waals surface area contributed by atoms with E-state index in [4.69, 9.17) is 5.73 Å². The molecular weight excluding hydrogens is 270 g/mol. The number of benzene rings is 1. The summed E-state index contributed by atoms with van der Waals surface area (Å²) in [5, 5.41) is 5.93. The smallest absolute Gasteiger partial charge is 0.237 e. The molecule has 0 spiro atoms. The van der Waals surface area contributed by atoms with Gasteiger partial charge in [0, 0.05) is 18.3 Å². The number of thiazole rings is 1. The van der Waals surface area contributed by atoms with Gasteiger partial charge in [-0.05, 0) is 18.9 Å². The third-order valence-corrected chi connectivity index (χ3v) is 3.80. The first-order chi connectivity index (χ1) is 9.65. The van der Waals surface area contributed by atoms with Crippen molar-refractivity contribution in [3.8, 4) is 0 Å². The summed E-state index contributed by atoms with van der Waals surface area (Å²) in [6.45, 7) is 2.55. The normalized spacial score (nSPS) is 12.1. The lowest BCUT2D eigenvalue weighted by Gasteiger charge is -2.11. The molecule has 2 rings (SSSR count). The summed E-state index contributed by atoms with van der Waals surface area (Å²) in [5.41, 5.74) is 8.00. The molecule has 3 N–H and O–H groups in total. The van der Waals surface area contributed by atoms with E-state index < -0.39 is 6.04 Å². The van der Waals surface area contributed by atoms with E-state index in [1.165, 1.54) is 0 Å². The molecule has 5 heteroatoms. The predicted octanol–water partition coefficient (Wildman–Crippen LogP) is 1.68. The number of aryl methyl sites for hydroxylation is 1. The van der Waals surface area contributed by atoms with Crippen LogP contribution < -0.4 is 11.1 Å².